The predicted molar refractivity (Wildman–Crippen MR) is 83.0 cm³/mol. The lowest BCUT2D eigenvalue weighted by atomic mass is 10.2. The molecule has 100 valence electrons. The van der Waals surface area contributed by atoms with Gasteiger partial charge >= 0.3 is 0 Å². The van der Waals surface area contributed by atoms with Gasteiger partial charge in [0, 0.05) is 35.7 Å². The van der Waals surface area contributed by atoms with Crippen LogP contribution in [0.1, 0.15) is 18.4 Å². The van der Waals surface area contributed by atoms with E-state index in [2.05, 4.69) is 58.0 Å². The molecule has 1 aromatic rings. The van der Waals surface area contributed by atoms with Crippen LogP contribution in [0.5, 0.6) is 0 Å². The van der Waals surface area contributed by atoms with Gasteiger partial charge in [-0.1, -0.05) is 33.6 Å². The van der Waals surface area contributed by atoms with Crippen molar-refractivity contribution in [1.29, 1.82) is 0 Å². The SMILES string of the molecule is CN(CC1CCCN1C)c1ccc(CBr)c(Cl)c1. The average molecular weight is 332 g/mol. The Labute approximate surface area is 123 Å². The molecule has 0 aliphatic carbocycles. The lowest BCUT2D eigenvalue weighted by molar-refractivity contribution is 0.314. The number of anilines is 1. The maximum atomic E-state index is 6.25. The minimum atomic E-state index is 0.671. The molecule has 2 rings (SSSR count). The molecule has 0 spiro atoms. The van der Waals surface area contributed by atoms with Crippen molar-refractivity contribution in [3.05, 3.63) is 28.8 Å². The fourth-order valence-corrected chi connectivity index (χ4v) is 3.41. The molecule has 0 radical (unpaired) electrons. The largest absolute Gasteiger partial charge is 0.373 e. The van der Waals surface area contributed by atoms with Crippen molar-refractivity contribution in [2.45, 2.75) is 24.2 Å². The van der Waals surface area contributed by atoms with E-state index >= 15 is 0 Å². The topological polar surface area (TPSA) is 6.48 Å². The van der Waals surface area contributed by atoms with Crippen molar-refractivity contribution in [2.24, 2.45) is 0 Å². The van der Waals surface area contributed by atoms with Gasteiger partial charge in [-0.2, -0.15) is 0 Å². The van der Waals surface area contributed by atoms with E-state index in [9.17, 15) is 0 Å². The standard InChI is InChI=1S/C14H20BrClN2/c1-17-7-3-4-13(17)10-18(2)12-6-5-11(9-15)14(16)8-12/h5-6,8,13H,3-4,7,9-10H2,1-2H3. The van der Waals surface area contributed by atoms with Gasteiger partial charge in [0.15, 0.2) is 0 Å². The van der Waals surface area contributed by atoms with E-state index in [0.29, 0.717) is 6.04 Å². The molecule has 4 heteroatoms. The molecule has 0 amide bonds. The third-order valence-electron chi connectivity index (χ3n) is 3.78. The lowest BCUT2D eigenvalue weighted by Gasteiger charge is -2.27. The maximum Gasteiger partial charge on any atom is 0.0467 e. The Morgan fingerprint density at radius 1 is 1.50 bits per heavy atom. The normalized spacial score (nSPS) is 20.3. The first-order chi connectivity index (χ1) is 8.61. The van der Waals surface area contributed by atoms with Crippen molar-refractivity contribution in [3.8, 4) is 0 Å². The zero-order chi connectivity index (χ0) is 13.1. The molecule has 0 N–H and O–H groups in total. The molecular formula is C14H20BrClN2. The number of halogens is 2. The number of likely N-dealkylation sites (N-methyl/N-ethyl adjacent to an activating group) is 2. The van der Waals surface area contributed by atoms with Crippen LogP contribution in [-0.4, -0.2) is 38.1 Å². The monoisotopic (exact) mass is 330 g/mol. The van der Waals surface area contributed by atoms with Crippen LogP contribution < -0.4 is 4.90 Å². The van der Waals surface area contributed by atoms with Crippen molar-refractivity contribution >= 4 is 33.2 Å². The van der Waals surface area contributed by atoms with Gasteiger partial charge in [-0.15, -0.1) is 0 Å². The Morgan fingerprint density at radius 3 is 2.83 bits per heavy atom. The minimum Gasteiger partial charge on any atom is -0.373 e. The molecule has 1 fully saturated rings. The molecule has 1 aliphatic heterocycles. The Morgan fingerprint density at radius 2 is 2.28 bits per heavy atom. The quantitative estimate of drug-likeness (QED) is 0.775. The number of alkyl halides is 1. The van der Waals surface area contributed by atoms with Gasteiger partial charge in [-0.25, -0.2) is 0 Å². The summed E-state index contributed by atoms with van der Waals surface area (Å²) in [6.45, 7) is 2.29. The highest BCUT2D eigenvalue weighted by molar-refractivity contribution is 9.08. The van der Waals surface area contributed by atoms with Crippen molar-refractivity contribution < 1.29 is 0 Å². The maximum absolute atomic E-state index is 6.25. The van der Waals surface area contributed by atoms with Crippen LogP contribution in [0.3, 0.4) is 0 Å². The molecule has 1 unspecified atom stereocenters. The van der Waals surface area contributed by atoms with Gasteiger partial charge in [0.1, 0.15) is 0 Å². The first kappa shape index (κ1) is 14.2. The predicted octanol–water partition coefficient (Wildman–Crippen LogP) is 3.77. The first-order valence-electron chi connectivity index (χ1n) is 6.37. The molecule has 1 saturated heterocycles. The van der Waals surface area contributed by atoms with Gasteiger partial charge in [0.05, 0.1) is 0 Å². The summed E-state index contributed by atoms with van der Waals surface area (Å²) in [4.78, 5) is 4.75. The van der Waals surface area contributed by atoms with Gasteiger partial charge in [0.2, 0.25) is 0 Å². The van der Waals surface area contributed by atoms with Crippen LogP contribution in [0.4, 0.5) is 5.69 Å². The summed E-state index contributed by atoms with van der Waals surface area (Å²) in [5, 5.41) is 1.65. The van der Waals surface area contributed by atoms with E-state index in [1.165, 1.54) is 25.1 Å². The Bertz CT molecular complexity index is 411. The molecule has 1 heterocycles. The van der Waals surface area contributed by atoms with Crippen LogP contribution in [0.15, 0.2) is 18.2 Å². The van der Waals surface area contributed by atoms with E-state index < -0.39 is 0 Å². The summed E-state index contributed by atoms with van der Waals surface area (Å²) in [5.41, 5.74) is 2.34. The second-order valence-electron chi connectivity index (χ2n) is 5.07. The van der Waals surface area contributed by atoms with Gasteiger partial charge < -0.3 is 9.80 Å². The van der Waals surface area contributed by atoms with Crippen molar-refractivity contribution in [2.75, 3.05) is 32.1 Å². The highest BCUT2D eigenvalue weighted by Crippen LogP contribution is 2.26. The highest BCUT2D eigenvalue weighted by atomic mass is 79.9. The zero-order valence-corrected chi connectivity index (χ0v) is 13.3. The molecule has 0 aromatic heterocycles. The summed E-state index contributed by atoms with van der Waals surface area (Å²) in [5.74, 6) is 0. The summed E-state index contributed by atoms with van der Waals surface area (Å²) in [6.07, 6.45) is 2.62. The first-order valence-corrected chi connectivity index (χ1v) is 7.87. The summed E-state index contributed by atoms with van der Waals surface area (Å²) < 4.78 is 0. The molecular weight excluding hydrogens is 312 g/mol. The Balaban J connectivity index is 2.04. The lowest BCUT2D eigenvalue weighted by Crippen LogP contribution is -2.36. The second kappa shape index (κ2) is 6.27. The van der Waals surface area contributed by atoms with Gasteiger partial charge in [-0.05, 0) is 44.1 Å². The Kier molecular flexibility index (Phi) is 4.93. The smallest absolute Gasteiger partial charge is 0.0467 e. The minimum absolute atomic E-state index is 0.671. The van der Waals surface area contributed by atoms with E-state index in [4.69, 9.17) is 11.6 Å². The third kappa shape index (κ3) is 3.19. The zero-order valence-electron chi connectivity index (χ0n) is 11.0. The van der Waals surface area contributed by atoms with Gasteiger partial charge in [-0.3, -0.25) is 0 Å². The van der Waals surface area contributed by atoms with E-state index in [1.807, 2.05) is 0 Å². The number of benzene rings is 1. The summed E-state index contributed by atoms with van der Waals surface area (Å²) >= 11 is 9.70. The third-order valence-corrected chi connectivity index (χ3v) is 4.73. The van der Waals surface area contributed by atoms with Crippen LogP contribution in [0.2, 0.25) is 5.02 Å². The van der Waals surface area contributed by atoms with Crippen LogP contribution >= 0.6 is 27.5 Å². The van der Waals surface area contributed by atoms with Gasteiger partial charge in [0.25, 0.3) is 0 Å². The number of hydrogen-bond acceptors (Lipinski definition) is 2. The molecule has 1 atom stereocenters. The fourth-order valence-electron chi connectivity index (χ4n) is 2.51. The van der Waals surface area contributed by atoms with Crippen LogP contribution in [0.25, 0.3) is 0 Å². The number of hydrogen-bond donors (Lipinski definition) is 0. The summed E-state index contributed by atoms with van der Waals surface area (Å²) in [6, 6.07) is 6.98. The molecule has 2 nitrogen and oxygen atoms in total. The Hall–Kier alpha value is -0.250. The van der Waals surface area contributed by atoms with E-state index in [0.717, 1.165) is 22.5 Å². The average Bonchev–Trinajstić information content (AvgIpc) is 2.75. The molecule has 0 bridgehead atoms. The van der Waals surface area contributed by atoms with Crippen molar-refractivity contribution in [1.82, 2.24) is 4.90 Å². The molecule has 0 saturated carbocycles. The number of likely N-dealkylation sites (tertiary alicyclic amines) is 1. The number of nitrogens with zero attached hydrogens (tertiary/aromatic N) is 2. The summed E-state index contributed by atoms with van der Waals surface area (Å²) in [7, 11) is 4.36. The molecule has 18 heavy (non-hydrogen) atoms. The fraction of sp³-hybridized carbons (Fsp3) is 0.571. The highest BCUT2D eigenvalue weighted by Gasteiger charge is 2.22. The van der Waals surface area contributed by atoms with Crippen LogP contribution in [-0.2, 0) is 5.33 Å². The number of rotatable bonds is 4. The second-order valence-corrected chi connectivity index (χ2v) is 6.03. The molecule has 1 aromatic carbocycles. The van der Waals surface area contributed by atoms with E-state index in [-0.39, 0.29) is 0 Å². The van der Waals surface area contributed by atoms with Crippen LogP contribution in [0, 0.1) is 0 Å². The molecule has 1 aliphatic rings. The van der Waals surface area contributed by atoms with Crippen molar-refractivity contribution in [3.63, 3.8) is 0 Å². The van der Waals surface area contributed by atoms with E-state index in [1.54, 1.807) is 0 Å².